The number of esters is 1. The van der Waals surface area contributed by atoms with Gasteiger partial charge in [-0.05, 0) is 11.6 Å². The normalized spacial score (nSPS) is 10.5. The molecule has 0 saturated carbocycles. The lowest BCUT2D eigenvalue weighted by atomic mass is 10.2. The van der Waals surface area contributed by atoms with E-state index < -0.39 is 10.9 Å². The number of nitro benzene ring substituents is 1. The number of nitro groups is 1. The van der Waals surface area contributed by atoms with Gasteiger partial charge in [0, 0.05) is 18.7 Å². The minimum atomic E-state index is -0.507. The van der Waals surface area contributed by atoms with E-state index >= 15 is 0 Å². The molecule has 7 heteroatoms. The van der Waals surface area contributed by atoms with Gasteiger partial charge >= 0.3 is 11.7 Å². The van der Waals surface area contributed by atoms with Crippen LogP contribution in [0.3, 0.4) is 0 Å². The van der Waals surface area contributed by atoms with Gasteiger partial charge in [-0.15, -0.1) is 0 Å². The molecule has 0 radical (unpaired) electrons. The molecule has 0 amide bonds. The molecule has 0 aromatic heterocycles. The van der Waals surface area contributed by atoms with E-state index in [1.807, 2.05) is 13.8 Å². The van der Waals surface area contributed by atoms with Crippen LogP contribution in [-0.2, 0) is 16.1 Å². The van der Waals surface area contributed by atoms with Crippen LogP contribution in [0.1, 0.15) is 25.8 Å². The van der Waals surface area contributed by atoms with Crippen LogP contribution in [0.5, 0.6) is 5.75 Å². The number of nitrogens with zero attached hydrogens (tertiary/aromatic N) is 1. The van der Waals surface area contributed by atoms with Gasteiger partial charge in [-0.1, -0.05) is 19.9 Å². The number of nitrogens with one attached hydrogen (secondary N) is 1. The highest BCUT2D eigenvalue weighted by atomic mass is 16.6. The van der Waals surface area contributed by atoms with E-state index in [2.05, 4.69) is 10.1 Å². The molecule has 0 aliphatic heterocycles. The largest absolute Gasteiger partial charge is 0.486 e. The molecule has 0 saturated heterocycles. The molecule has 0 spiro atoms. The van der Waals surface area contributed by atoms with Crippen LogP contribution in [-0.4, -0.2) is 30.7 Å². The van der Waals surface area contributed by atoms with E-state index in [9.17, 15) is 14.9 Å². The van der Waals surface area contributed by atoms with E-state index in [1.54, 1.807) is 12.1 Å². The number of hydrogen-bond acceptors (Lipinski definition) is 6. The minimum absolute atomic E-state index is 0.0363. The van der Waals surface area contributed by atoms with Gasteiger partial charge in [-0.2, -0.15) is 0 Å². The Balaban J connectivity index is 2.78. The number of rotatable bonds is 8. The summed E-state index contributed by atoms with van der Waals surface area (Å²) in [6.45, 7) is 4.65. The summed E-state index contributed by atoms with van der Waals surface area (Å²) in [4.78, 5) is 21.5. The standard InChI is InChI=1S/C14H20N2O5/c1-10(2)15-9-11-4-5-12(16(18)19)13(8-11)21-7-6-14(17)20-3/h4-5,8,10,15H,6-7,9H2,1-3H3. The van der Waals surface area contributed by atoms with Crippen molar-refractivity contribution in [2.75, 3.05) is 13.7 Å². The van der Waals surface area contributed by atoms with Crippen LogP contribution < -0.4 is 10.1 Å². The molecule has 1 rings (SSSR count). The van der Waals surface area contributed by atoms with Gasteiger partial charge in [0.2, 0.25) is 0 Å². The Morgan fingerprint density at radius 1 is 1.43 bits per heavy atom. The second-order valence-corrected chi connectivity index (χ2v) is 4.77. The zero-order valence-electron chi connectivity index (χ0n) is 12.4. The number of ether oxygens (including phenoxy) is 2. The molecule has 0 aliphatic carbocycles. The number of methoxy groups -OCH3 is 1. The van der Waals surface area contributed by atoms with Crippen molar-refractivity contribution >= 4 is 11.7 Å². The van der Waals surface area contributed by atoms with Crippen LogP contribution in [0.15, 0.2) is 18.2 Å². The molecule has 0 bridgehead atoms. The summed E-state index contributed by atoms with van der Waals surface area (Å²) in [5.41, 5.74) is 0.760. The number of carbonyl (C=O) groups is 1. The molecule has 116 valence electrons. The van der Waals surface area contributed by atoms with Crippen LogP contribution in [0, 0.1) is 10.1 Å². The number of hydrogen-bond donors (Lipinski definition) is 1. The molecule has 0 fully saturated rings. The Morgan fingerprint density at radius 2 is 2.14 bits per heavy atom. The zero-order valence-corrected chi connectivity index (χ0v) is 12.4. The van der Waals surface area contributed by atoms with E-state index in [0.29, 0.717) is 12.6 Å². The molecular formula is C14H20N2O5. The molecule has 21 heavy (non-hydrogen) atoms. The molecule has 1 aromatic rings. The summed E-state index contributed by atoms with van der Waals surface area (Å²) in [5, 5.41) is 14.2. The van der Waals surface area contributed by atoms with Crippen molar-refractivity contribution in [1.82, 2.24) is 5.32 Å². The van der Waals surface area contributed by atoms with Gasteiger partial charge in [0.15, 0.2) is 5.75 Å². The zero-order chi connectivity index (χ0) is 15.8. The summed E-state index contributed by atoms with van der Waals surface area (Å²) in [6, 6.07) is 5.01. The molecular weight excluding hydrogens is 276 g/mol. The lowest BCUT2D eigenvalue weighted by molar-refractivity contribution is -0.385. The van der Waals surface area contributed by atoms with E-state index in [1.165, 1.54) is 13.2 Å². The summed E-state index contributed by atoms with van der Waals surface area (Å²) < 4.78 is 9.84. The molecule has 7 nitrogen and oxygen atoms in total. The predicted octanol–water partition coefficient (Wildman–Crippen LogP) is 2.03. The molecule has 0 atom stereocenters. The Morgan fingerprint density at radius 3 is 2.71 bits per heavy atom. The highest BCUT2D eigenvalue weighted by molar-refractivity contribution is 5.69. The van der Waals surface area contributed by atoms with Crippen molar-refractivity contribution in [2.24, 2.45) is 0 Å². The Labute approximate surface area is 123 Å². The number of benzene rings is 1. The number of carbonyl (C=O) groups excluding carboxylic acids is 1. The predicted molar refractivity (Wildman–Crippen MR) is 77.2 cm³/mol. The third-order valence-electron chi connectivity index (χ3n) is 2.73. The second-order valence-electron chi connectivity index (χ2n) is 4.77. The minimum Gasteiger partial charge on any atom is -0.486 e. The average Bonchev–Trinajstić information content (AvgIpc) is 2.44. The van der Waals surface area contributed by atoms with Gasteiger partial charge in [0.25, 0.3) is 0 Å². The van der Waals surface area contributed by atoms with Crippen LogP contribution in [0.25, 0.3) is 0 Å². The lowest BCUT2D eigenvalue weighted by Crippen LogP contribution is -2.21. The lowest BCUT2D eigenvalue weighted by Gasteiger charge is -2.10. The SMILES string of the molecule is COC(=O)CCOc1cc(CNC(C)C)ccc1[N+](=O)[O-]. The van der Waals surface area contributed by atoms with Crippen LogP contribution in [0.2, 0.25) is 0 Å². The Hall–Kier alpha value is -2.15. The fourth-order valence-corrected chi connectivity index (χ4v) is 1.60. The maximum atomic E-state index is 11.0. The van der Waals surface area contributed by atoms with E-state index in [0.717, 1.165) is 5.56 Å². The van der Waals surface area contributed by atoms with Gasteiger partial charge in [-0.25, -0.2) is 0 Å². The quantitative estimate of drug-likeness (QED) is 0.448. The maximum Gasteiger partial charge on any atom is 0.310 e. The van der Waals surface area contributed by atoms with Crippen molar-refractivity contribution in [1.29, 1.82) is 0 Å². The van der Waals surface area contributed by atoms with Crippen molar-refractivity contribution in [2.45, 2.75) is 32.9 Å². The molecule has 1 aromatic carbocycles. The highest BCUT2D eigenvalue weighted by Gasteiger charge is 2.16. The maximum absolute atomic E-state index is 11.0. The van der Waals surface area contributed by atoms with Gasteiger partial charge < -0.3 is 14.8 Å². The first-order valence-corrected chi connectivity index (χ1v) is 6.64. The second kappa shape index (κ2) is 8.21. The summed E-state index contributed by atoms with van der Waals surface area (Å²) in [5.74, 6) is -0.262. The smallest absolute Gasteiger partial charge is 0.310 e. The van der Waals surface area contributed by atoms with Gasteiger partial charge in [0.05, 0.1) is 25.1 Å². The first kappa shape index (κ1) is 16.9. The topological polar surface area (TPSA) is 90.7 Å². The van der Waals surface area contributed by atoms with Crippen LogP contribution >= 0.6 is 0 Å². The fraction of sp³-hybridized carbons (Fsp3) is 0.500. The summed E-state index contributed by atoms with van der Waals surface area (Å²) in [6.07, 6.45) is 0.0438. The third kappa shape index (κ3) is 5.78. The van der Waals surface area contributed by atoms with E-state index in [4.69, 9.17) is 4.74 Å². The van der Waals surface area contributed by atoms with Gasteiger partial charge in [-0.3, -0.25) is 14.9 Å². The van der Waals surface area contributed by atoms with Crippen molar-refractivity contribution in [3.63, 3.8) is 0 Å². The van der Waals surface area contributed by atoms with Gasteiger partial charge in [0.1, 0.15) is 0 Å². The van der Waals surface area contributed by atoms with Crippen LogP contribution in [0.4, 0.5) is 5.69 Å². The van der Waals surface area contributed by atoms with Crippen molar-refractivity contribution in [3.05, 3.63) is 33.9 Å². The first-order chi connectivity index (χ1) is 9.93. The van der Waals surface area contributed by atoms with E-state index in [-0.39, 0.29) is 24.5 Å². The van der Waals surface area contributed by atoms with Crippen molar-refractivity contribution in [3.8, 4) is 5.75 Å². The molecule has 0 heterocycles. The summed E-state index contributed by atoms with van der Waals surface area (Å²) >= 11 is 0. The average molecular weight is 296 g/mol. The summed E-state index contributed by atoms with van der Waals surface area (Å²) in [7, 11) is 1.28. The first-order valence-electron chi connectivity index (χ1n) is 6.64. The fourth-order valence-electron chi connectivity index (χ4n) is 1.60. The van der Waals surface area contributed by atoms with Crippen molar-refractivity contribution < 1.29 is 19.2 Å². The Bertz CT molecular complexity index is 502. The third-order valence-corrected chi connectivity index (χ3v) is 2.73. The molecule has 1 N–H and O–H groups in total. The monoisotopic (exact) mass is 296 g/mol. The highest BCUT2D eigenvalue weighted by Crippen LogP contribution is 2.28. The molecule has 0 unspecified atom stereocenters. The molecule has 0 aliphatic rings. The Kier molecular flexibility index (Phi) is 6.61.